The zero-order chi connectivity index (χ0) is 19.0. The van der Waals surface area contributed by atoms with E-state index in [0.29, 0.717) is 11.4 Å². The summed E-state index contributed by atoms with van der Waals surface area (Å²) in [6.45, 7) is 2.01. The first kappa shape index (κ1) is 17.3. The van der Waals surface area contributed by atoms with Gasteiger partial charge in [-0.2, -0.15) is 10.2 Å². The van der Waals surface area contributed by atoms with Crippen LogP contribution in [-0.4, -0.2) is 32.6 Å². The van der Waals surface area contributed by atoms with Crippen LogP contribution in [0.25, 0.3) is 5.69 Å². The number of fused-ring (bicyclic) bond motifs is 1. The molecule has 4 rings (SSSR count). The Morgan fingerprint density at radius 3 is 3.00 bits per heavy atom. The van der Waals surface area contributed by atoms with Crippen LogP contribution >= 0.6 is 0 Å². The highest BCUT2D eigenvalue weighted by Gasteiger charge is 2.25. The Kier molecular flexibility index (Phi) is 4.43. The molecule has 0 saturated carbocycles. The number of hydrogen-bond acceptors (Lipinski definition) is 4. The summed E-state index contributed by atoms with van der Waals surface area (Å²) in [5.74, 6) is 0.532. The molecule has 27 heavy (non-hydrogen) atoms. The van der Waals surface area contributed by atoms with Crippen molar-refractivity contribution in [2.45, 2.75) is 32.2 Å². The zero-order valence-electron chi connectivity index (χ0n) is 15.8. The minimum absolute atomic E-state index is 0.0198. The maximum Gasteiger partial charge on any atom is 0.272 e. The van der Waals surface area contributed by atoms with E-state index in [9.17, 15) is 4.79 Å². The summed E-state index contributed by atoms with van der Waals surface area (Å²) in [6, 6.07) is 7.57. The van der Waals surface area contributed by atoms with E-state index in [-0.39, 0.29) is 11.9 Å². The standard InChI is InChI=1S/C20H23N5O2/c1-13-7-8-19(27-3)18(11-13)25-10-9-16(23-25)20(26)22-15-5-4-6-17-14(15)12-21-24(17)2/h7-12,15H,4-6H2,1-3H3,(H,22,26). The molecule has 2 aromatic heterocycles. The number of carbonyl (C=O) groups is 1. The first-order valence-electron chi connectivity index (χ1n) is 9.09. The summed E-state index contributed by atoms with van der Waals surface area (Å²) < 4.78 is 8.99. The van der Waals surface area contributed by atoms with Gasteiger partial charge < -0.3 is 10.1 Å². The third kappa shape index (κ3) is 3.20. The van der Waals surface area contributed by atoms with Gasteiger partial charge in [0.05, 0.1) is 19.3 Å². The summed E-state index contributed by atoms with van der Waals surface area (Å²) in [7, 11) is 3.57. The van der Waals surface area contributed by atoms with Gasteiger partial charge in [-0.1, -0.05) is 6.07 Å². The average molecular weight is 365 g/mol. The number of aryl methyl sites for hydroxylation is 2. The lowest BCUT2D eigenvalue weighted by molar-refractivity contribution is 0.0927. The van der Waals surface area contributed by atoms with E-state index in [1.807, 2.05) is 43.0 Å². The van der Waals surface area contributed by atoms with Gasteiger partial charge in [-0.05, 0) is 49.9 Å². The van der Waals surface area contributed by atoms with Crippen molar-refractivity contribution in [3.8, 4) is 11.4 Å². The van der Waals surface area contributed by atoms with Crippen molar-refractivity contribution in [1.29, 1.82) is 0 Å². The van der Waals surface area contributed by atoms with Gasteiger partial charge in [0.15, 0.2) is 5.69 Å². The summed E-state index contributed by atoms with van der Waals surface area (Å²) in [5, 5.41) is 11.9. The maximum absolute atomic E-state index is 12.8. The topological polar surface area (TPSA) is 74.0 Å². The fraction of sp³-hybridized carbons (Fsp3) is 0.350. The van der Waals surface area contributed by atoms with Crippen LogP contribution < -0.4 is 10.1 Å². The largest absolute Gasteiger partial charge is 0.494 e. The second kappa shape index (κ2) is 6.90. The number of nitrogens with one attached hydrogen (secondary N) is 1. The van der Waals surface area contributed by atoms with E-state index < -0.39 is 0 Å². The fourth-order valence-corrected chi connectivity index (χ4v) is 3.65. The predicted octanol–water partition coefficient (Wildman–Crippen LogP) is 2.73. The lowest BCUT2D eigenvalue weighted by atomic mass is 9.93. The normalized spacial score (nSPS) is 16.0. The van der Waals surface area contributed by atoms with Crippen molar-refractivity contribution >= 4 is 5.91 Å². The van der Waals surface area contributed by atoms with Crippen molar-refractivity contribution in [3.05, 3.63) is 59.2 Å². The summed E-state index contributed by atoms with van der Waals surface area (Å²) in [6.07, 6.45) is 6.58. The molecule has 0 aliphatic heterocycles. The number of nitrogens with zero attached hydrogens (tertiary/aromatic N) is 4. The number of rotatable bonds is 4. The van der Waals surface area contributed by atoms with Crippen LogP contribution in [0, 0.1) is 6.92 Å². The number of ether oxygens (including phenoxy) is 1. The summed E-state index contributed by atoms with van der Waals surface area (Å²) in [5.41, 5.74) is 4.59. The molecule has 1 N–H and O–H groups in total. The van der Waals surface area contributed by atoms with Crippen LogP contribution in [0.4, 0.5) is 0 Å². The number of aromatic nitrogens is 4. The molecule has 0 bridgehead atoms. The number of methoxy groups -OCH3 is 1. The Labute approximate surface area is 157 Å². The van der Waals surface area contributed by atoms with Crippen LogP contribution in [0.3, 0.4) is 0 Å². The third-order valence-electron chi connectivity index (χ3n) is 5.08. The predicted molar refractivity (Wildman–Crippen MR) is 101 cm³/mol. The van der Waals surface area contributed by atoms with Gasteiger partial charge in [0.2, 0.25) is 0 Å². The van der Waals surface area contributed by atoms with Gasteiger partial charge >= 0.3 is 0 Å². The van der Waals surface area contributed by atoms with Crippen LogP contribution in [0.5, 0.6) is 5.75 Å². The molecule has 1 atom stereocenters. The molecule has 0 fully saturated rings. The number of carbonyl (C=O) groups excluding carboxylic acids is 1. The molecule has 1 aliphatic rings. The van der Waals surface area contributed by atoms with Crippen LogP contribution in [-0.2, 0) is 13.5 Å². The lowest BCUT2D eigenvalue weighted by Crippen LogP contribution is -2.31. The molecule has 3 aromatic rings. The van der Waals surface area contributed by atoms with Crippen molar-refractivity contribution in [2.75, 3.05) is 7.11 Å². The summed E-state index contributed by atoms with van der Waals surface area (Å²) in [4.78, 5) is 12.8. The fourth-order valence-electron chi connectivity index (χ4n) is 3.65. The molecule has 1 aromatic carbocycles. The van der Waals surface area contributed by atoms with Gasteiger partial charge in [-0.15, -0.1) is 0 Å². The highest BCUT2D eigenvalue weighted by Crippen LogP contribution is 2.29. The molecular formula is C20H23N5O2. The molecule has 0 saturated heterocycles. The van der Waals surface area contributed by atoms with E-state index in [2.05, 4.69) is 15.5 Å². The second-order valence-electron chi connectivity index (χ2n) is 6.91. The van der Waals surface area contributed by atoms with E-state index in [1.54, 1.807) is 24.1 Å². The Balaban J connectivity index is 1.56. The highest BCUT2D eigenvalue weighted by atomic mass is 16.5. The monoisotopic (exact) mass is 365 g/mol. The molecule has 7 nitrogen and oxygen atoms in total. The maximum atomic E-state index is 12.8. The second-order valence-corrected chi connectivity index (χ2v) is 6.91. The average Bonchev–Trinajstić information content (AvgIpc) is 3.30. The molecule has 0 radical (unpaired) electrons. The van der Waals surface area contributed by atoms with E-state index >= 15 is 0 Å². The molecule has 2 heterocycles. The van der Waals surface area contributed by atoms with Crippen LogP contribution in [0.1, 0.15) is 46.2 Å². The Morgan fingerprint density at radius 1 is 1.33 bits per heavy atom. The van der Waals surface area contributed by atoms with Crippen molar-refractivity contribution in [2.24, 2.45) is 7.05 Å². The molecule has 1 aliphatic carbocycles. The minimum Gasteiger partial charge on any atom is -0.494 e. The minimum atomic E-state index is -0.179. The number of amides is 1. The molecule has 140 valence electrons. The van der Waals surface area contributed by atoms with Crippen LogP contribution in [0.15, 0.2) is 36.7 Å². The molecule has 0 spiro atoms. The molecule has 1 amide bonds. The van der Waals surface area contributed by atoms with Crippen molar-refractivity contribution in [1.82, 2.24) is 24.9 Å². The first-order chi connectivity index (χ1) is 13.1. The zero-order valence-corrected chi connectivity index (χ0v) is 15.8. The van der Waals surface area contributed by atoms with E-state index in [0.717, 1.165) is 36.1 Å². The lowest BCUT2D eigenvalue weighted by Gasteiger charge is -2.23. The van der Waals surface area contributed by atoms with Gasteiger partial charge in [0, 0.05) is 24.5 Å². The molecular weight excluding hydrogens is 342 g/mol. The Hall–Kier alpha value is -3.09. The van der Waals surface area contributed by atoms with Crippen LogP contribution in [0.2, 0.25) is 0 Å². The van der Waals surface area contributed by atoms with Gasteiger partial charge in [-0.3, -0.25) is 9.48 Å². The quantitative estimate of drug-likeness (QED) is 0.771. The number of benzene rings is 1. The Bertz CT molecular complexity index is 988. The highest BCUT2D eigenvalue weighted by molar-refractivity contribution is 5.92. The SMILES string of the molecule is COc1ccc(C)cc1-n1ccc(C(=O)NC2CCCc3c2cnn3C)n1. The van der Waals surface area contributed by atoms with E-state index in [4.69, 9.17) is 4.74 Å². The van der Waals surface area contributed by atoms with Crippen molar-refractivity contribution < 1.29 is 9.53 Å². The van der Waals surface area contributed by atoms with Gasteiger partial charge in [0.25, 0.3) is 5.91 Å². The molecule has 1 unspecified atom stereocenters. The smallest absolute Gasteiger partial charge is 0.272 e. The third-order valence-corrected chi connectivity index (χ3v) is 5.08. The Morgan fingerprint density at radius 2 is 2.19 bits per heavy atom. The molecule has 7 heteroatoms. The number of hydrogen-bond donors (Lipinski definition) is 1. The van der Waals surface area contributed by atoms with Crippen molar-refractivity contribution in [3.63, 3.8) is 0 Å². The van der Waals surface area contributed by atoms with Gasteiger partial charge in [0.1, 0.15) is 11.4 Å². The van der Waals surface area contributed by atoms with E-state index in [1.165, 1.54) is 5.69 Å². The van der Waals surface area contributed by atoms with Gasteiger partial charge in [-0.25, -0.2) is 4.68 Å². The summed E-state index contributed by atoms with van der Waals surface area (Å²) >= 11 is 0. The first-order valence-corrected chi connectivity index (χ1v) is 9.09.